The average Bonchev–Trinajstić information content (AvgIpc) is 3.58. The van der Waals surface area contributed by atoms with Crippen molar-refractivity contribution in [3.63, 3.8) is 0 Å². The van der Waals surface area contributed by atoms with Gasteiger partial charge in [0.15, 0.2) is 0 Å². The molecule has 0 aromatic heterocycles. The number of hydrogen-bond donors (Lipinski definition) is 4. The molecule has 0 rings (SSSR count). The van der Waals surface area contributed by atoms with Crippen molar-refractivity contribution in [1.82, 2.24) is 0 Å². The summed E-state index contributed by atoms with van der Waals surface area (Å²) in [5.74, 6) is 0. The van der Waals surface area contributed by atoms with E-state index < -0.39 is 17.2 Å². The summed E-state index contributed by atoms with van der Waals surface area (Å²) < 4.78 is 21.2. The molecule has 0 aliphatic carbocycles. The van der Waals surface area contributed by atoms with Crippen LogP contribution in [0.15, 0.2) is 0 Å². The van der Waals surface area contributed by atoms with Crippen molar-refractivity contribution >= 4 is 17.2 Å². The van der Waals surface area contributed by atoms with Crippen LogP contribution in [0, 0.1) is 0 Å². The summed E-state index contributed by atoms with van der Waals surface area (Å²) in [6.07, 6.45) is 82.1. The summed E-state index contributed by atoms with van der Waals surface area (Å²) in [5, 5.41) is 33.7. The predicted octanol–water partition coefficient (Wildman–Crippen LogP) is 26.3. The second kappa shape index (κ2) is 114. The fraction of sp³-hybridized carbons (Fsp3) is 1.00. The third kappa shape index (κ3) is 130. The Labute approximate surface area is 602 Å². The topological polar surface area (TPSA) is 164 Å². The number of hydrogen-bond acceptors (Lipinski definition) is 10. The molecule has 0 heterocycles. The quantitative estimate of drug-likeness (QED) is 0.0262. The van der Waals surface area contributed by atoms with Gasteiger partial charge in [-0.15, -0.1) is 0 Å². The SMILES string of the molecule is CCCCCCCCCCCCOP([O-])OCCCCCCCCCCCC.CCCCCCCCCCCCOP([O-])OCCCCCCCCCCCC.CCCCCCCCO.CCCCCCCCO.CCCCCCCCO.CCCCCCCCO.[Ti+2]. The molecule has 13 heteroatoms. The van der Waals surface area contributed by atoms with Gasteiger partial charge in [-0.2, -0.15) is 0 Å². The maximum absolute atomic E-state index is 11.7. The van der Waals surface area contributed by atoms with Crippen molar-refractivity contribution in [1.29, 1.82) is 0 Å². The fourth-order valence-corrected chi connectivity index (χ4v) is 11.8. The third-order valence-corrected chi connectivity index (χ3v) is 18.4. The van der Waals surface area contributed by atoms with Gasteiger partial charge in [0.25, 0.3) is 0 Å². The van der Waals surface area contributed by atoms with Gasteiger partial charge in [0.05, 0.1) is 43.6 Å². The molecular formula is C80H172O10P2Ti. The van der Waals surface area contributed by atoms with E-state index in [2.05, 4.69) is 55.4 Å². The van der Waals surface area contributed by atoms with Crippen molar-refractivity contribution in [2.75, 3.05) is 52.9 Å². The maximum Gasteiger partial charge on any atom is 2.00 e. The van der Waals surface area contributed by atoms with Crippen LogP contribution in [0.1, 0.15) is 466 Å². The first kappa shape index (κ1) is 108. The number of unbranched alkanes of at least 4 members (excludes halogenated alkanes) is 56. The minimum absolute atomic E-state index is 0. The Morgan fingerprint density at radius 3 is 0.376 bits per heavy atom. The summed E-state index contributed by atoms with van der Waals surface area (Å²) in [7, 11) is -3.81. The van der Waals surface area contributed by atoms with Gasteiger partial charge in [0.2, 0.25) is 0 Å². The van der Waals surface area contributed by atoms with Crippen LogP contribution >= 0.6 is 17.2 Å². The van der Waals surface area contributed by atoms with Gasteiger partial charge in [0.1, 0.15) is 0 Å². The van der Waals surface area contributed by atoms with E-state index in [0.29, 0.717) is 52.9 Å². The molecule has 0 unspecified atom stereocenters. The molecule has 93 heavy (non-hydrogen) atoms. The van der Waals surface area contributed by atoms with Crippen LogP contribution in [0.3, 0.4) is 0 Å². The number of aliphatic hydroxyl groups excluding tert-OH is 4. The van der Waals surface area contributed by atoms with E-state index >= 15 is 0 Å². The van der Waals surface area contributed by atoms with Crippen molar-refractivity contribution in [2.24, 2.45) is 0 Å². The van der Waals surface area contributed by atoms with Crippen molar-refractivity contribution in [3.05, 3.63) is 0 Å². The van der Waals surface area contributed by atoms with Crippen LogP contribution in [0.2, 0.25) is 0 Å². The Hall–Kier alpha value is 1.17. The van der Waals surface area contributed by atoms with Crippen molar-refractivity contribution < 1.29 is 70.0 Å². The summed E-state index contributed by atoms with van der Waals surface area (Å²) in [4.78, 5) is 23.3. The summed E-state index contributed by atoms with van der Waals surface area (Å²) >= 11 is 0. The Bertz CT molecular complexity index is 924. The molecule has 0 aliphatic heterocycles. The van der Waals surface area contributed by atoms with Gasteiger partial charge in [0, 0.05) is 26.4 Å². The van der Waals surface area contributed by atoms with Gasteiger partial charge in [-0.05, 0) is 51.4 Å². The molecule has 0 fully saturated rings. The van der Waals surface area contributed by atoms with E-state index in [4.69, 9.17) is 38.5 Å². The zero-order valence-electron chi connectivity index (χ0n) is 64.5. The molecule has 0 saturated carbocycles. The molecule has 0 amide bonds. The smallest absolute Gasteiger partial charge is 0.786 e. The van der Waals surface area contributed by atoms with E-state index in [1.165, 1.54) is 360 Å². The van der Waals surface area contributed by atoms with Gasteiger partial charge in [-0.3, -0.25) is 0 Å². The van der Waals surface area contributed by atoms with E-state index in [1.54, 1.807) is 0 Å². The molecule has 0 radical (unpaired) electrons. The molecular weight excluding hydrogens is 1230 g/mol. The minimum Gasteiger partial charge on any atom is -0.786 e. The molecule has 566 valence electrons. The van der Waals surface area contributed by atoms with Gasteiger partial charge in [-0.25, -0.2) is 0 Å². The Kier molecular flexibility index (Phi) is 132. The van der Waals surface area contributed by atoms with Gasteiger partial charge < -0.3 is 48.3 Å². The standard InChI is InChI=1S/2C24H50O3P.4C8H18O.Ti/c2*1-3-5-7-9-11-13-15-17-19-21-23-26-28(25)27-24-22-20-18-16-14-12-10-8-6-4-2;4*1-2-3-4-5-6-7-8-9;/h2*3-24H2,1-2H3;4*9H,2-8H2,1H3;/q2*-1;;;;;+2. The molecule has 0 bridgehead atoms. The minimum atomic E-state index is -1.90. The normalized spacial score (nSPS) is 10.8. The predicted molar refractivity (Wildman–Crippen MR) is 407 cm³/mol. The maximum atomic E-state index is 11.7. The molecule has 0 saturated heterocycles. The Morgan fingerprint density at radius 2 is 0.269 bits per heavy atom. The van der Waals surface area contributed by atoms with Gasteiger partial charge >= 0.3 is 21.7 Å². The number of rotatable bonds is 72. The fourth-order valence-electron chi connectivity index (χ4n) is 10.6. The molecule has 0 aromatic carbocycles. The Balaban J connectivity index is -0.000000208. The summed E-state index contributed by atoms with van der Waals surface area (Å²) in [5.41, 5.74) is 0. The zero-order valence-corrected chi connectivity index (χ0v) is 67.9. The summed E-state index contributed by atoms with van der Waals surface area (Å²) in [6, 6.07) is 0. The Morgan fingerprint density at radius 1 is 0.172 bits per heavy atom. The third-order valence-electron chi connectivity index (χ3n) is 16.8. The molecule has 0 atom stereocenters. The largest absolute Gasteiger partial charge is 2.00 e. The van der Waals surface area contributed by atoms with Crippen LogP contribution < -0.4 is 9.79 Å². The van der Waals surface area contributed by atoms with Crippen molar-refractivity contribution in [3.8, 4) is 0 Å². The molecule has 4 N–H and O–H groups in total. The van der Waals surface area contributed by atoms with Crippen LogP contribution in [0.25, 0.3) is 0 Å². The molecule has 0 aromatic rings. The van der Waals surface area contributed by atoms with Crippen molar-refractivity contribution in [2.45, 2.75) is 466 Å². The first-order valence-corrected chi connectivity index (χ1v) is 43.4. The second-order valence-electron chi connectivity index (χ2n) is 26.5. The average molecular weight is 1400 g/mol. The molecule has 10 nitrogen and oxygen atoms in total. The van der Waals surface area contributed by atoms with E-state index in [9.17, 15) is 9.79 Å². The van der Waals surface area contributed by atoms with Crippen LogP contribution in [-0.4, -0.2) is 73.3 Å². The summed E-state index contributed by atoms with van der Waals surface area (Å²) in [6.45, 7) is 21.7. The zero-order chi connectivity index (χ0) is 68.9. The molecule has 0 aliphatic rings. The second-order valence-corrected chi connectivity index (χ2v) is 28.4. The van der Waals surface area contributed by atoms with E-state index in [-0.39, 0.29) is 21.7 Å². The van der Waals surface area contributed by atoms with Crippen LogP contribution in [0.5, 0.6) is 0 Å². The van der Waals surface area contributed by atoms with Gasteiger partial charge in [-0.1, -0.05) is 415 Å². The number of aliphatic hydroxyl groups is 4. The van der Waals surface area contributed by atoms with E-state index in [1.807, 2.05) is 0 Å². The first-order chi connectivity index (χ1) is 45.3. The van der Waals surface area contributed by atoms with E-state index in [0.717, 1.165) is 51.4 Å². The first-order valence-electron chi connectivity index (χ1n) is 41.2. The monoisotopic (exact) mass is 1400 g/mol. The van der Waals surface area contributed by atoms with Crippen LogP contribution in [0.4, 0.5) is 0 Å². The molecule has 0 spiro atoms. The van der Waals surface area contributed by atoms with Crippen LogP contribution in [-0.2, 0) is 39.8 Å².